The molecule has 116 valence electrons. The lowest BCUT2D eigenvalue weighted by Gasteiger charge is -2.10. The highest BCUT2D eigenvalue weighted by atomic mass is 35.5. The third-order valence-corrected chi connectivity index (χ3v) is 3.76. The molecule has 0 saturated heterocycles. The Morgan fingerprint density at radius 3 is 2.64 bits per heavy atom. The molecule has 2 rings (SSSR count). The molecule has 0 aromatic heterocycles. The van der Waals surface area contributed by atoms with Crippen molar-refractivity contribution in [1.29, 1.82) is 0 Å². The van der Waals surface area contributed by atoms with Crippen molar-refractivity contribution < 1.29 is 4.79 Å². The van der Waals surface area contributed by atoms with Gasteiger partial charge in [-0.1, -0.05) is 47.5 Å². The second-order valence-electron chi connectivity index (χ2n) is 5.42. The first-order valence-corrected chi connectivity index (χ1v) is 7.74. The number of carbonyl (C=O) groups is 1. The summed E-state index contributed by atoms with van der Waals surface area (Å²) in [6.45, 7) is 5.26. The third kappa shape index (κ3) is 5.08. The molecule has 0 radical (unpaired) electrons. The topological polar surface area (TPSA) is 41.1 Å². The average molecular weight is 317 g/mol. The zero-order chi connectivity index (χ0) is 15.9. The third-order valence-electron chi connectivity index (χ3n) is 3.52. The molecule has 0 fully saturated rings. The van der Waals surface area contributed by atoms with E-state index in [2.05, 4.69) is 42.7 Å². The summed E-state index contributed by atoms with van der Waals surface area (Å²) in [6, 6.07) is 13.7. The van der Waals surface area contributed by atoms with Crippen molar-refractivity contribution in [1.82, 2.24) is 10.6 Å². The van der Waals surface area contributed by atoms with Crippen LogP contribution in [-0.2, 0) is 13.0 Å². The standard InChI is InChI=1S/C18H21ClN2O/c1-13-6-7-16(14(2)10-13)8-9-20-18(22)21-12-15-4-3-5-17(19)11-15/h3-7,10-11H,8-9,12H2,1-2H3,(H2,20,21,22). The summed E-state index contributed by atoms with van der Waals surface area (Å²) in [5.41, 5.74) is 4.77. The van der Waals surface area contributed by atoms with Crippen molar-refractivity contribution in [2.45, 2.75) is 26.8 Å². The Balaban J connectivity index is 1.74. The van der Waals surface area contributed by atoms with Gasteiger partial charge < -0.3 is 10.6 Å². The highest BCUT2D eigenvalue weighted by molar-refractivity contribution is 6.30. The van der Waals surface area contributed by atoms with Gasteiger partial charge in [-0.2, -0.15) is 0 Å². The molecule has 0 spiro atoms. The quantitative estimate of drug-likeness (QED) is 0.860. The molecule has 0 saturated carbocycles. The molecule has 0 aliphatic rings. The Morgan fingerprint density at radius 2 is 1.91 bits per heavy atom. The van der Waals surface area contributed by atoms with E-state index in [1.165, 1.54) is 16.7 Å². The molecule has 0 bridgehead atoms. The maximum absolute atomic E-state index is 11.8. The lowest BCUT2D eigenvalue weighted by molar-refractivity contribution is 0.240. The number of halogens is 1. The largest absolute Gasteiger partial charge is 0.338 e. The molecule has 0 unspecified atom stereocenters. The van der Waals surface area contributed by atoms with Crippen LogP contribution in [0.15, 0.2) is 42.5 Å². The van der Waals surface area contributed by atoms with Crippen molar-refractivity contribution in [3.8, 4) is 0 Å². The minimum atomic E-state index is -0.162. The summed E-state index contributed by atoms with van der Waals surface area (Å²) in [5.74, 6) is 0. The number of benzene rings is 2. The van der Waals surface area contributed by atoms with Crippen LogP contribution >= 0.6 is 11.6 Å². The fraction of sp³-hybridized carbons (Fsp3) is 0.278. The van der Waals surface area contributed by atoms with E-state index in [0.29, 0.717) is 18.1 Å². The van der Waals surface area contributed by atoms with Gasteiger partial charge in [-0.3, -0.25) is 0 Å². The minimum absolute atomic E-state index is 0.162. The van der Waals surface area contributed by atoms with Gasteiger partial charge in [-0.05, 0) is 49.1 Å². The van der Waals surface area contributed by atoms with Crippen LogP contribution in [0, 0.1) is 13.8 Å². The van der Waals surface area contributed by atoms with E-state index in [1.54, 1.807) is 0 Å². The molecular formula is C18H21ClN2O. The predicted molar refractivity (Wildman–Crippen MR) is 91.3 cm³/mol. The van der Waals surface area contributed by atoms with Crippen molar-refractivity contribution in [2.24, 2.45) is 0 Å². The summed E-state index contributed by atoms with van der Waals surface area (Å²) in [7, 11) is 0. The first-order chi connectivity index (χ1) is 10.5. The fourth-order valence-corrected chi connectivity index (χ4v) is 2.54. The van der Waals surface area contributed by atoms with E-state index < -0.39 is 0 Å². The summed E-state index contributed by atoms with van der Waals surface area (Å²) in [5, 5.41) is 6.38. The summed E-state index contributed by atoms with van der Waals surface area (Å²) in [6.07, 6.45) is 0.830. The molecule has 0 aliphatic carbocycles. The van der Waals surface area contributed by atoms with Gasteiger partial charge in [-0.15, -0.1) is 0 Å². The normalized spacial score (nSPS) is 10.3. The molecule has 2 N–H and O–H groups in total. The number of rotatable bonds is 5. The number of hydrogen-bond acceptors (Lipinski definition) is 1. The SMILES string of the molecule is Cc1ccc(CCNC(=O)NCc2cccc(Cl)c2)c(C)c1. The van der Waals surface area contributed by atoms with E-state index in [4.69, 9.17) is 11.6 Å². The Bertz CT molecular complexity index is 655. The molecule has 22 heavy (non-hydrogen) atoms. The summed E-state index contributed by atoms with van der Waals surface area (Å²) < 4.78 is 0. The zero-order valence-corrected chi connectivity index (χ0v) is 13.7. The lowest BCUT2D eigenvalue weighted by atomic mass is 10.0. The Labute approximate surface area is 136 Å². The van der Waals surface area contributed by atoms with E-state index >= 15 is 0 Å². The Morgan fingerprint density at radius 1 is 1.09 bits per heavy atom. The van der Waals surface area contributed by atoms with Crippen molar-refractivity contribution >= 4 is 17.6 Å². The Kier molecular flexibility index (Phi) is 5.84. The van der Waals surface area contributed by atoms with Crippen LogP contribution in [0.3, 0.4) is 0 Å². The van der Waals surface area contributed by atoms with Gasteiger partial charge in [-0.25, -0.2) is 4.79 Å². The maximum Gasteiger partial charge on any atom is 0.315 e. The summed E-state index contributed by atoms with van der Waals surface area (Å²) >= 11 is 5.91. The van der Waals surface area contributed by atoms with Gasteiger partial charge in [0.1, 0.15) is 0 Å². The molecule has 4 heteroatoms. The second kappa shape index (κ2) is 7.85. The first kappa shape index (κ1) is 16.4. The highest BCUT2D eigenvalue weighted by Gasteiger charge is 2.02. The molecule has 0 aliphatic heterocycles. The number of amides is 2. The van der Waals surface area contributed by atoms with Crippen molar-refractivity contribution in [3.63, 3.8) is 0 Å². The molecule has 2 aromatic carbocycles. The maximum atomic E-state index is 11.8. The van der Waals surface area contributed by atoms with Crippen LogP contribution in [-0.4, -0.2) is 12.6 Å². The van der Waals surface area contributed by atoms with Crippen molar-refractivity contribution in [3.05, 3.63) is 69.7 Å². The van der Waals surface area contributed by atoms with Crippen molar-refractivity contribution in [2.75, 3.05) is 6.54 Å². The molecule has 0 heterocycles. The average Bonchev–Trinajstić information content (AvgIpc) is 2.47. The fourth-order valence-electron chi connectivity index (χ4n) is 2.33. The highest BCUT2D eigenvalue weighted by Crippen LogP contribution is 2.11. The van der Waals surface area contributed by atoms with Crippen LogP contribution in [0.1, 0.15) is 22.3 Å². The second-order valence-corrected chi connectivity index (χ2v) is 5.86. The number of hydrogen-bond donors (Lipinski definition) is 2. The molecule has 0 atom stereocenters. The van der Waals surface area contributed by atoms with Gasteiger partial charge in [0.25, 0.3) is 0 Å². The van der Waals surface area contributed by atoms with E-state index in [1.807, 2.05) is 24.3 Å². The lowest BCUT2D eigenvalue weighted by Crippen LogP contribution is -2.36. The predicted octanol–water partition coefficient (Wildman–Crippen LogP) is 4.00. The monoisotopic (exact) mass is 316 g/mol. The smallest absolute Gasteiger partial charge is 0.315 e. The zero-order valence-electron chi connectivity index (χ0n) is 12.9. The first-order valence-electron chi connectivity index (χ1n) is 7.37. The number of urea groups is 1. The van der Waals surface area contributed by atoms with Gasteiger partial charge in [0.15, 0.2) is 0 Å². The molecule has 2 aromatic rings. The van der Waals surface area contributed by atoms with Gasteiger partial charge >= 0.3 is 6.03 Å². The number of carbonyl (C=O) groups excluding carboxylic acids is 1. The van der Waals surface area contributed by atoms with Crippen LogP contribution in [0.5, 0.6) is 0 Å². The van der Waals surface area contributed by atoms with Gasteiger partial charge in [0.05, 0.1) is 0 Å². The molecular weight excluding hydrogens is 296 g/mol. The number of nitrogens with one attached hydrogen (secondary N) is 2. The van der Waals surface area contributed by atoms with E-state index in [9.17, 15) is 4.79 Å². The van der Waals surface area contributed by atoms with Gasteiger partial charge in [0.2, 0.25) is 0 Å². The van der Waals surface area contributed by atoms with E-state index in [0.717, 1.165) is 12.0 Å². The number of aryl methyl sites for hydroxylation is 2. The van der Waals surface area contributed by atoms with Crippen LogP contribution in [0.25, 0.3) is 0 Å². The Hall–Kier alpha value is -2.00. The minimum Gasteiger partial charge on any atom is -0.338 e. The van der Waals surface area contributed by atoms with Crippen LogP contribution in [0.2, 0.25) is 5.02 Å². The van der Waals surface area contributed by atoms with Crippen LogP contribution < -0.4 is 10.6 Å². The van der Waals surface area contributed by atoms with E-state index in [-0.39, 0.29) is 6.03 Å². The summed E-state index contributed by atoms with van der Waals surface area (Å²) in [4.78, 5) is 11.8. The molecule has 2 amide bonds. The molecule has 3 nitrogen and oxygen atoms in total. The van der Waals surface area contributed by atoms with Gasteiger partial charge in [0, 0.05) is 18.1 Å². The van der Waals surface area contributed by atoms with Crippen LogP contribution in [0.4, 0.5) is 4.79 Å².